The Balaban J connectivity index is 0.000000223. The fourth-order valence-corrected chi connectivity index (χ4v) is 18.1. The number of aromatic carboxylic acids is 1. The Bertz CT molecular complexity index is 3620. The highest BCUT2D eigenvalue weighted by atomic mass is 31.3. The van der Waals surface area contributed by atoms with Crippen LogP contribution in [0.25, 0.3) is 22.5 Å². The number of carbonyl (C=O) groups is 4. The van der Waals surface area contributed by atoms with Crippen molar-refractivity contribution in [3.8, 4) is 22.5 Å². The summed E-state index contributed by atoms with van der Waals surface area (Å²) < 4.78 is 52.3. The Kier molecular flexibility index (Phi) is 29.9. The average molecular weight is 1280 g/mol. The zero-order valence-electron chi connectivity index (χ0n) is 52.5. The lowest BCUT2D eigenvalue weighted by Gasteiger charge is -2.33. The van der Waals surface area contributed by atoms with E-state index < -0.39 is 28.8 Å². The molecule has 1 aliphatic rings. The molecule has 0 bridgehead atoms. The molecular formula is C69H84N7O11P3. The van der Waals surface area contributed by atoms with E-state index in [0.717, 1.165) is 44.8 Å². The number of rotatable bonds is 20. The molecular weight excluding hydrogens is 1200 g/mol. The van der Waals surface area contributed by atoms with E-state index in [1.807, 2.05) is 165 Å². The van der Waals surface area contributed by atoms with Crippen LogP contribution in [0.3, 0.4) is 0 Å². The molecule has 6 aromatic carbocycles. The molecule has 2 aromatic heterocycles. The predicted molar refractivity (Wildman–Crippen MR) is 364 cm³/mol. The second-order valence-corrected chi connectivity index (χ2v) is 27.7. The van der Waals surface area contributed by atoms with Crippen molar-refractivity contribution in [1.82, 2.24) is 14.9 Å². The Morgan fingerprint density at radius 1 is 0.456 bits per heavy atom. The topological polar surface area (TPSA) is 259 Å². The van der Waals surface area contributed by atoms with Crippen molar-refractivity contribution in [2.75, 3.05) is 59.8 Å². The molecule has 3 heterocycles. The highest BCUT2D eigenvalue weighted by Gasteiger charge is 2.51. The predicted octanol–water partition coefficient (Wildman–Crippen LogP) is 16.9. The van der Waals surface area contributed by atoms with Crippen molar-refractivity contribution in [3.63, 3.8) is 0 Å². The van der Waals surface area contributed by atoms with E-state index in [1.165, 1.54) is 19.6 Å². The second-order valence-electron chi connectivity index (χ2n) is 20.7. The molecule has 0 saturated carbocycles. The number of nitrogen functional groups attached to an aromatic ring is 1. The van der Waals surface area contributed by atoms with Gasteiger partial charge in [0, 0.05) is 28.1 Å². The van der Waals surface area contributed by atoms with E-state index in [-0.39, 0.29) is 36.2 Å². The normalized spacial score (nSPS) is 16.3. The van der Waals surface area contributed by atoms with Gasteiger partial charge in [-0.25, -0.2) is 27.7 Å². The summed E-state index contributed by atoms with van der Waals surface area (Å²) in [6.45, 7) is 19.2. The molecule has 3 amide bonds. The Labute approximate surface area is 530 Å². The van der Waals surface area contributed by atoms with E-state index in [0.29, 0.717) is 66.2 Å². The van der Waals surface area contributed by atoms with Crippen LogP contribution >= 0.6 is 22.8 Å². The molecule has 0 aliphatic carbocycles. The van der Waals surface area contributed by atoms with Gasteiger partial charge in [-0.2, -0.15) is 0 Å². The highest BCUT2D eigenvalue weighted by molar-refractivity contribution is 7.80. The minimum Gasteiger partial charge on any atom is -0.478 e. The van der Waals surface area contributed by atoms with Crippen LogP contribution in [0.4, 0.5) is 23.0 Å². The Morgan fingerprint density at radius 3 is 1.17 bits per heavy atom. The van der Waals surface area contributed by atoms with Gasteiger partial charge in [-0.1, -0.05) is 175 Å². The monoisotopic (exact) mass is 1280 g/mol. The molecule has 6 N–H and O–H groups in total. The maximum atomic E-state index is 12.5. The van der Waals surface area contributed by atoms with Gasteiger partial charge in [0.15, 0.2) is 0 Å². The Morgan fingerprint density at radius 2 is 0.822 bits per heavy atom. The summed E-state index contributed by atoms with van der Waals surface area (Å²) in [5.41, 5.74) is 15.2. The van der Waals surface area contributed by atoms with Gasteiger partial charge in [0.2, 0.25) is 11.8 Å². The molecule has 0 unspecified atom stereocenters. The lowest BCUT2D eigenvalue weighted by molar-refractivity contribution is -0.116. The van der Waals surface area contributed by atoms with Gasteiger partial charge in [-0.15, -0.1) is 0 Å². The SMILES string of the molecule is CCCP1(=O)OP(=O)(CCC)OP(=O)(CCC)O1.CCN(CC)CC.Cc1ccccc1C(=O)Nc1ccc(-c2cccc(NC(=O)Cc3ccccc3)n2)cc1.Cc1ccccc1C(=O)O.Nc1ccc(-c2cccc(NC(=O)Cc3ccccc3)n2)cc1. The van der Waals surface area contributed by atoms with Gasteiger partial charge in [0.25, 0.3) is 5.91 Å². The maximum absolute atomic E-state index is 12.5. The molecule has 0 spiro atoms. The summed E-state index contributed by atoms with van der Waals surface area (Å²) in [7, 11) is -10.7. The zero-order chi connectivity index (χ0) is 65.5. The number of aryl methyl sites for hydroxylation is 2. The number of aromatic nitrogens is 2. The highest BCUT2D eigenvalue weighted by Crippen LogP contribution is 2.82. The summed E-state index contributed by atoms with van der Waals surface area (Å²) >= 11 is 0. The van der Waals surface area contributed by atoms with Crippen LogP contribution in [0, 0.1) is 13.8 Å². The lowest BCUT2D eigenvalue weighted by atomic mass is 10.1. The van der Waals surface area contributed by atoms with Crippen LogP contribution in [0.5, 0.6) is 0 Å². The first kappa shape index (κ1) is 72.6. The second kappa shape index (κ2) is 37.1. The number of anilines is 4. The first-order chi connectivity index (χ1) is 43.1. The summed E-state index contributed by atoms with van der Waals surface area (Å²) in [5, 5.41) is 17.2. The summed E-state index contributed by atoms with van der Waals surface area (Å²) in [4.78, 5) is 58.8. The Hall–Kier alpha value is -8.17. The molecule has 9 rings (SSSR count). The first-order valence-corrected chi connectivity index (χ1v) is 35.2. The van der Waals surface area contributed by atoms with Crippen LogP contribution in [-0.2, 0) is 49.1 Å². The summed E-state index contributed by atoms with van der Waals surface area (Å²) in [5.74, 6) is -0.163. The summed E-state index contributed by atoms with van der Waals surface area (Å²) in [6.07, 6.45) is 2.56. The largest absolute Gasteiger partial charge is 0.478 e. The minimum atomic E-state index is -3.57. The van der Waals surface area contributed by atoms with Crippen molar-refractivity contribution < 1.29 is 50.9 Å². The van der Waals surface area contributed by atoms with E-state index in [4.69, 9.17) is 23.8 Å². The van der Waals surface area contributed by atoms with Crippen LogP contribution in [0.2, 0.25) is 0 Å². The van der Waals surface area contributed by atoms with Gasteiger partial charge in [-0.05, 0) is 136 Å². The quantitative estimate of drug-likeness (QED) is 0.0351. The number of carboxylic acid groups (broad SMARTS) is 1. The van der Waals surface area contributed by atoms with Gasteiger partial charge in [0.1, 0.15) is 11.6 Å². The van der Waals surface area contributed by atoms with E-state index in [1.54, 1.807) is 64.1 Å². The number of pyridine rings is 2. The van der Waals surface area contributed by atoms with Gasteiger partial charge in [-0.3, -0.25) is 28.1 Å². The molecule has 476 valence electrons. The van der Waals surface area contributed by atoms with Crippen LogP contribution in [0.15, 0.2) is 194 Å². The number of hydrogen-bond acceptors (Lipinski definition) is 14. The van der Waals surface area contributed by atoms with E-state index in [9.17, 15) is 32.9 Å². The molecule has 0 radical (unpaired) electrons. The standard InChI is InChI=1S/C27H23N3O2.C19H17N3O.C9H21O6P3.C8H8O2.C6H15N/c1-19-8-5-6-11-23(19)27(32)28-22-16-14-21(15-17-22)24-12-7-13-25(29-24)30-26(31)18-20-9-3-2-4-10-20;20-16-11-9-15(10-12-16)17-7-4-8-18(21-17)22-19(23)13-14-5-2-1-3-6-14;1-4-7-16(10)13-17(11,8-5-2)15-18(12,14-16)9-6-3;1-6-4-2-3-5-7(6)8(9)10;1-4-7(5-2)6-3/h2-17H,18H2,1H3,(H,28,32)(H,29,30,31);1-12H,13,20H2,(H,21,22,23);4-9H2,1-3H3;2-5H,1H3,(H,9,10);4-6H2,1-3H3. The smallest absolute Gasteiger partial charge is 0.345 e. The number of carbonyl (C=O) groups excluding carboxylic acids is 3. The van der Waals surface area contributed by atoms with Gasteiger partial charge >= 0.3 is 28.8 Å². The third-order valence-corrected chi connectivity index (χ3v) is 22.4. The maximum Gasteiger partial charge on any atom is 0.345 e. The third kappa shape index (κ3) is 24.7. The van der Waals surface area contributed by atoms with Crippen molar-refractivity contribution in [1.29, 1.82) is 0 Å². The van der Waals surface area contributed by atoms with Crippen LogP contribution < -0.4 is 21.7 Å². The van der Waals surface area contributed by atoms with E-state index >= 15 is 0 Å². The number of amides is 3. The van der Waals surface area contributed by atoms with E-state index in [2.05, 4.69) is 51.6 Å². The third-order valence-electron chi connectivity index (χ3n) is 13.4. The average Bonchev–Trinajstić information content (AvgIpc) is 0.791. The minimum absolute atomic E-state index is 0.0850. The van der Waals surface area contributed by atoms with Crippen LogP contribution in [-0.4, -0.2) is 81.8 Å². The van der Waals surface area contributed by atoms with Crippen molar-refractivity contribution in [2.45, 2.75) is 87.5 Å². The molecule has 8 aromatic rings. The first-order valence-electron chi connectivity index (χ1n) is 30.0. The van der Waals surface area contributed by atoms with Crippen LogP contribution in [0.1, 0.15) is 104 Å². The van der Waals surface area contributed by atoms with Gasteiger partial charge in [0.05, 0.1) is 48.3 Å². The molecule has 0 atom stereocenters. The molecule has 21 heteroatoms. The number of carboxylic acids is 1. The number of hydrogen-bond donors (Lipinski definition) is 5. The molecule has 90 heavy (non-hydrogen) atoms. The number of nitrogens with one attached hydrogen (secondary N) is 3. The number of nitrogens with two attached hydrogens (primary N) is 1. The summed E-state index contributed by atoms with van der Waals surface area (Å²) in [6, 6.07) is 59.6. The number of benzene rings is 6. The zero-order valence-corrected chi connectivity index (χ0v) is 55.2. The molecule has 1 aliphatic heterocycles. The fourth-order valence-electron chi connectivity index (χ4n) is 8.83. The van der Waals surface area contributed by atoms with Crippen molar-refractivity contribution in [2.24, 2.45) is 0 Å². The molecule has 1 fully saturated rings. The fraction of sp³-hybridized carbons (Fsp3) is 0.275. The number of nitrogens with zero attached hydrogens (tertiary/aromatic N) is 3. The van der Waals surface area contributed by atoms with Crippen molar-refractivity contribution in [3.05, 3.63) is 228 Å². The lowest BCUT2D eigenvalue weighted by Crippen LogP contribution is -2.21. The molecule has 1 saturated heterocycles. The van der Waals surface area contributed by atoms with Crippen molar-refractivity contribution >= 4 is 69.5 Å². The van der Waals surface area contributed by atoms with Gasteiger partial charge < -0.3 is 31.7 Å². The molecule has 18 nitrogen and oxygen atoms in total.